The normalized spacial score (nSPS) is 19.2. The molecule has 0 atom stereocenters. The first-order chi connectivity index (χ1) is 11.7. The molecule has 3 rings (SSSR count). The van der Waals surface area contributed by atoms with Gasteiger partial charge in [0.2, 0.25) is 0 Å². The fraction of sp³-hybridized carbons (Fsp3) is 0. The molecule has 0 spiro atoms. The number of H-pyrrole nitrogens is 1. The van der Waals surface area contributed by atoms with Crippen LogP contribution in [0.4, 0.5) is 0 Å². The minimum Gasteiger partial charge on any atom is -0.693 e. The molecule has 1 aromatic heterocycles. The van der Waals surface area contributed by atoms with E-state index in [1.165, 1.54) is 6.08 Å². The average molecular weight is 373 g/mol. The summed E-state index contributed by atoms with van der Waals surface area (Å²) in [5.41, 5.74) is 12.9. The summed E-state index contributed by atoms with van der Waals surface area (Å²) in [6.07, 6.45) is 14.5. The fourth-order valence-electron chi connectivity index (χ4n) is 2.21. The van der Waals surface area contributed by atoms with E-state index in [-0.39, 0.29) is 11.8 Å². The molecule has 3 heterocycles. The Balaban J connectivity index is 0.00000225. The van der Waals surface area contributed by atoms with Crippen LogP contribution in [0.1, 0.15) is 11.4 Å². The summed E-state index contributed by atoms with van der Waals surface area (Å²) in [6, 6.07) is 3.82. The van der Waals surface area contributed by atoms with E-state index in [0.717, 1.165) is 34.2 Å². The largest absolute Gasteiger partial charge is 0.693 e. The minimum atomic E-state index is 0. The van der Waals surface area contributed by atoms with E-state index >= 15 is 0 Å². The smallest absolute Gasteiger partial charge is 0.693 e. The first-order valence-electron chi connectivity index (χ1n) is 7.21. The number of hydrogen-bond donors (Lipinski definition) is 1. The number of nitrogens with two attached hydrogens (primary N) is 1. The number of aromatic amines is 1. The van der Waals surface area contributed by atoms with Gasteiger partial charge in [-0.3, -0.25) is 12.7 Å². The number of nitrogens with one attached hydrogen (secondary N) is 2. The molecular weight excluding hydrogens is 357 g/mol. The van der Waals surface area contributed by atoms with Gasteiger partial charge in [-0.1, -0.05) is 0 Å². The first-order valence-corrected chi connectivity index (χ1v) is 7.81. The Morgan fingerprint density at radius 2 is 1.64 bits per heavy atom. The van der Waals surface area contributed by atoms with Crippen LogP contribution in [-0.2, 0) is 15.3 Å². The van der Waals surface area contributed by atoms with Gasteiger partial charge in [0.1, 0.15) is 0 Å². The van der Waals surface area contributed by atoms with Crippen LogP contribution in [0.2, 0.25) is 0 Å². The predicted octanol–water partition coefficient (Wildman–Crippen LogP) is 4.71. The van der Waals surface area contributed by atoms with Crippen LogP contribution in [0.15, 0.2) is 75.7 Å². The predicted molar refractivity (Wildman–Crippen MR) is 103 cm³/mol. The van der Waals surface area contributed by atoms with E-state index in [0.29, 0.717) is 0 Å². The second-order valence-electron chi connectivity index (χ2n) is 5.11. The van der Waals surface area contributed by atoms with Crippen molar-refractivity contribution in [2.45, 2.75) is 0 Å². The Kier molecular flexibility index (Phi) is 6.18. The van der Waals surface area contributed by atoms with Crippen LogP contribution in [0.5, 0.6) is 0 Å². The fourth-order valence-corrected chi connectivity index (χ4v) is 2.38. The molecule has 129 valence electrons. The van der Waals surface area contributed by atoms with E-state index in [4.69, 9.17) is 12.3 Å². The van der Waals surface area contributed by atoms with E-state index in [9.17, 15) is 0 Å². The summed E-state index contributed by atoms with van der Waals surface area (Å²) < 4.78 is 0. The summed E-state index contributed by atoms with van der Waals surface area (Å²) >= 11 is 4.14. The summed E-state index contributed by atoms with van der Waals surface area (Å²) in [7, 11) is 0. The Labute approximate surface area is 154 Å². The third-order valence-corrected chi connectivity index (χ3v) is 3.59. The molecule has 0 radical (unpaired) electrons. The number of nitrogens with zero attached hydrogens (tertiary/aromatic N) is 2. The van der Waals surface area contributed by atoms with E-state index in [1.807, 2.05) is 48.6 Å². The van der Waals surface area contributed by atoms with Gasteiger partial charge >= 0.3 is 118 Å². The maximum atomic E-state index is 7.54. The van der Waals surface area contributed by atoms with Gasteiger partial charge < -0.3 is 17.6 Å². The number of aliphatic imine (C=N–C) groups is 2. The zero-order valence-corrected chi connectivity index (χ0v) is 14.3. The molecule has 0 fully saturated rings. The molecule has 25 heavy (non-hydrogen) atoms. The quantitative estimate of drug-likeness (QED) is 0.571. The topological polar surface area (TPSA) is 97.8 Å². The van der Waals surface area contributed by atoms with Gasteiger partial charge in [-0.15, -0.1) is 6.08 Å². The molecule has 0 amide bonds. The molecule has 0 aromatic carbocycles. The van der Waals surface area contributed by atoms with Crippen molar-refractivity contribution >= 4 is 28.5 Å². The summed E-state index contributed by atoms with van der Waals surface area (Å²) in [5, 5.41) is 0. The van der Waals surface area contributed by atoms with Crippen molar-refractivity contribution in [1.29, 1.82) is 0 Å². The molecule has 2 aliphatic rings. The Hall–Kier alpha value is -2.80. The Morgan fingerprint density at radius 3 is 2.32 bits per heavy atom. The van der Waals surface area contributed by atoms with Crippen LogP contribution < -0.4 is 0 Å². The van der Waals surface area contributed by atoms with Crippen molar-refractivity contribution in [3.05, 3.63) is 95.5 Å². The van der Waals surface area contributed by atoms with Gasteiger partial charge in [-0.2, -0.15) is 0 Å². The van der Waals surface area contributed by atoms with Crippen molar-refractivity contribution in [2.24, 2.45) is 9.98 Å². The number of aromatic nitrogens is 1. The van der Waals surface area contributed by atoms with Crippen LogP contribution in [-0.4, -0.2) is 21.4 Å². The van der Waals surface area contributed by atoms with Gasteiger partial charge in [0.25, 0.3) is 0 Å². The second-order valence-corrected chi connectivity index (χ2v) is 5.41. The van der Waals surface area contributed by atoms with Crippen LogP contribution in [0, 0.1) is 6.58 Å². The Morgan fingerprint density at radius 1 is 1.00 bits per heavy atom. The van der Waals surface area contributed by atoms with E-state index in [1.54, 1.807) is 11.0 Å². The second kappa shape index (κ2) is 8.34. The molecule has 0 bridgehead atoms. The van der Waals surface area contributed by atoms with E-state index < -0.39 is 0 Å². The summed E-state index contributed by atoms with van der Waals surface area (Å²) in [5.74, 6) is 0. The van der Waals surface area contributed by atoms with Gasteiger partial charge in [0, 0.05) is 0 Å². The maximum Gasteiger partial charge on any atom is -0.693 e. The Bertz CT molecular complexity index is 904. The number of hydrogen-bond acceptors (Lipinski definition) is 2. The molecule has 2 aliphatic heterocycles. The molecule has 0 unspecified atom stereocenters. The third-order valence-electron chi connectivity index (χ3n) is 3.29. The molecule has 5 nitrogen and oxygen atoms in total. The van der Waals surface area contributed by atoms with Crippen LogP contribution in [0.25, 0.3) is 24.0 Å². The summed E-state index contributed by atoms with van der Waals surface area (Å²) in [6.45, 7) is 5.30. The van der Waals surface area contributed by atoms with Gasteiger partial charge in [0.15, 0.2) is 0 Å². The van der Waals surface area contributed by atoms with Crippen molar-refractivity contribution in [3.63, 3.8) is 0 Å². The van der Waals surface area contributed by atoms with Gasteiger partial charge in [0.05, 0.1) is 0 Å². The maximum absolute atomic E-state index is 7.54. The molecule has 0 saturated heterocycles. The zero-order chi connectivity index (χ0) is 16.9. The number of rotatable bonds is 5. The first kappa shape index (κ1) is 18.5. The standard InChI is InChI=1S/C19H14N4.Co.H2N/c1-3-14(20)10-15-6-7-18(22-15)12-19-9-8-17(23-19)11-16-5-4-13(2)21-16;;/h1-12,20,22H;;1H2/q-2;;-1. The summed E-state index contributed by atoms with van der Waals surface area (Å²) in [4.78, 5) is 13.8. The average Bonchev–Trinajstić information content (AvgIpc) is 3.30. The molecular formula is C19H16CoN5-3. The number of allylic oxidation sites excluding steroid dienone is 6. The minimum absolute atomic E-state index is 0. The van der Waals surface area contributed by atoms with E-state index in [2.05, 4.69) is 30.3 Å². The zero-order valence-electron chi connectivity index (χ0n) is 13.2. The monoisotopic (exact) mass is 373 g/mol. The van der Waals surface area contributed by atoms with Gasteiger partial charge in [-0.05, 0) is 0 Å². The SMILES string of the molecule is [CH-]=CC([NH-])=Cc1ccc(C=C2C=CC(C=C3C=CC([CH]=[Co])=N3)=N2)[nH]1.[NH2-]. The molecule has 0 saturated carbocycles. The molecule has 4 N–H and O–H groups in total. The van der Waals surface area contributed by atoms with Crippen molar-refractivity contribution < 1.29 is 15.3 Å². The van der Waals surface area contributed by atoms with Crippen molar-refractivity contribution in [1.82, 2.24) is 4.98 Å². The molecule has 1 aromatic rings. The molecule has 6 heteroatoms. The third kappa shape index (κ3) is 4.83. The van der Waals surface area contributed by atoms with Crippen molar-refractivity contribution in [3.8, 4) is 0 Å². The van der Waals surface area contributed by atoms with Gasteiger partial charge in [-0.25, -0.2) is 0 Å². The molecule has 0 aliphatic carbocycles. The van der Waals surface area contributed by atoms with Crippen LogP contribution in [0.3, 0.4) is 0 Å². The van der Waals surface area contributed by atoms with Crippen LogP contribution >= 0.6 is 0 Å². The van der Waals surface area contributed by atoms with Crippen molar-refractivity contribution in [2.75, 3.05) is 0 Å².